The summed E-state index contributed by atoms with van der Waals surface area (Å²) in [4.78, 5) is 32.5. The number of hydrogen-bond donors (Lipinski definition) is 1. The van der Waals surface area contributed by atoms with Crippen LogP contribution in [0.2, 0.25) is 0 Å². The number of benzene rings is 2. The van der Waals surface area contributed by atoms with Crippen LogP contribution in [-0.2, 0) is 14.3 Å². The number of carbonyl (C=O) groups excluding carboxylic acids is 2. The van der Waals surface area contributed by atoms with E-state index in [-0.39, 0.29) is 18.4 Å². The smallest absolute Gasteiger partial charge is 0.245 e. The van der Waals surface area contributed by atoms with Gasteiger partial charge >= 0.3 is 0 Å². The van der Waals surface area contributed by atoms with Crippen LogP contribution in [-0.4, -0.2) is 48.0 Å². The quantitative estimate of drug-likeness (QED) is 0.437. The van der Waals surface area contributed by atoms with E-state index in [4.69, 9.17) is 4.74 Å². The van der Waals surface area contributed by atoms with E-state index >= 15 is 0 Å². The van der Waals surface area contributed by atoms with Gasteiger partial charge in [-0.2, -0.15) is 0 Å². The number of hydrogen-bond acceptors (Lipinski definition) is 5. The minimum absolute atomic E-state index is 0.0419. The molecular formula is C25H29N3O3S. The van der Waals surface area contributed by atoms with Crippen LogP contribution in [0.15, 0.2) is 66.0 Å². The van der Waals surface area contributed by atoms with E-state index < -0.39 is 5.92 Å². The van der Waals surface area contributed by atoms with Crippen molar-refractivity contribution in [3.05, 3.63) is 82.9 Å². The van der Waals surface area contributed by atoms with Crippen molar-refractivity contribution < 1.29 is 14.3 Å². The van der Waals surface area contributed by atoms with Crippen LogP contribution in [0, 0.1) is 6.92 Å². The van der Waals surface area contributed by atoms with Crippen molar-refractivity contribution in [3.63, 3.8) is 0 Å². The van der Waals surface area contributed by atoms with Gasteiger partial charge in [-0.3, -0.25) is 9.59 Å². The summed E-state index contributed by atoms with van der Waals surface area (Å²) in [5, 5.41) is 5.23. The van der Waals surface area contributed by atoms with Crippen LogP contribution in [0.25, 0.3) is 0 Å². The molecule has 1 N–H and O–H groups in total. The molecule has 7 heteroatoms. The monoisotopic (exact) mass is 451 g/mol. The zero-order valence-corrected chi connectivity index (χ0v) is 19.3. The molecule has 3 rings (SSSR count). The lowest BCUT2D eigenvalue weighted by Gasteiger charge is -2.27. The molecule has 32 heavy (non-hydrogen) atoms. The van der Waals surface area contributed by atoms with Crippen molar-refractivity contribution in [2.45, 2.75) is 26.2 Å². The Morgan fingerprint density at radius 3 is 2.22 bits per heavy atom. The van der Waals surface area contributed by atoms with E-state index in [1.54, 1.807) is 4.90 Å². The number of amides is 2. The molecule has 1 aromatic heterocycles. The fourth-order valence-electron chi connectivity index (χ4n) is 3.46. The number of aromatic nitrogens is 1. The Balaban J connectivity index is 1.82. The van der Waals surface area contributed by atoms with Crippen molar-refractivity contribution in [1.82, 2.24) is 9.88 Å². The topological polar surface area (TPSA) is 71.5 Å². The molecule has 6 nitrogen and oxygen atoms in total. The Labute approximate surface area is 193 Å². The summed E-state index contributed by atoms with van der Waals surface area (Å²) in [5.74, 6) is -0.854. The molecule has 2 amide bonds. The van der Waals surface area contributed by atoms with Crippen LogP contribution >= 0.6 is 11.3 Å². The third-order valence-corrected chi connectivity index (χ3v) is 5.82. The standard InChI is InChI=1S/C25H29N3O3S/c1-3-31-16-10-15-28(17-22(29)27-25-26-19(2)18-32-25)24(30)23(20-11-6-4-7-12-20)21-13-8-5-9-14-21/h4-9,11-14,18,23H,3,10,15-17H2,1-2H3,(H,26,27,29). The Hall–Kier alpha value is -3.03. The van der Waals surface area contributed by atoms with Gasteiger partial charge in [0.1, 0.15) is 0 Å². The number of nitrogens with one attached hydrogen (secondary N) is 1. The Morgan fingerprint density at radius 1 is 1.06 bits per heavy atom. The number of nitrogens with zero attached hydrogens (tertiary/aromatic N) is 2. The van der Waals surface area contributed by atoms with Crippen molar-refractivity contribution in [2.24, 2.45) is 0 Å². The molecule has 0 spiro atoms. The van der Waals surface area contributed by atoms with Gasteiger partial charge in [0.2, 0.25) is 11.8 Å². The van der Waals surface area contributed by atoms with Gasteiger partial charge in [0.05, 0.1) is 18.2 Å². The highest BCUT2D eigenvalue weighted by Gasteiger charge is 2.28. The van der Waals surface area contributed by atoms with Crippen molar-refractivity contribution in [1.29, 1.82) is 0 Å². The van der Waals surface area contributed by atoms with E-state index in [0.29, 0.717) is 31.3 Å². The minimum atomic E-state index is -0.487. The predicted octanol–water partition coefficient (Wildman–Crippen LogP) is 4.48. The number of ether oxygens (including phenoxy) is 1. The summed E-state index contributed by atoms with van der Waals surface area (Å²) >= 11 is 1.37. The van der Waals surface area contributed by atoms with Gasteiger partial charge < -0.3 is 15.0 Å². The van der Waals surface area contributed by atoms with E-state index in [1.807, 2.05) is 79.9 Å². The van der Waals surface area contributed by atoms with E-state index in [1.165, 1.54) is 11.3 Å². The lowest BCUT2D eigenvalue weighted by Crippen LogP contribution is -2.41. The first-order valence-electron chi connectivity index (χ1n) is 10.8. The Bertz CT molecular complexity index is 952. The maximum Gasteiger partial charge on any atom is 0.245 e. The van der Waals surface area contributed by atoms with Crippen molar-refractivity contribution in [3.8, 4) is 0 Å². The zero-order valence-electron chi connectivity index (χ0n) is 18.5. The largest absolute Gasteiger partial charge is 0.382 e. The molecule has 0 aliphatic heterocycles. The van der Waals surface area contributed by atoms with Crippen LogP contribution in [0.5, 0.6) is 0 Å². The maximum atomic E-state index is 13.8. The van der Waals surface area contributed by atoms with Crippen LogP contribution < -0.4 is 5.32 Å². The normalized spacial score (nSPS) is 10.8. The first-order chi connectivity index (χ1) is 15.6. The summed E-state index contributed by atoms with van der Waals surface area (Å²) in [6, 6.07) is 19.4. The van der Waals surface area contributed by atoms with Crippen LogP contribution in [0.1, 0.15) is 36.1 Å². The molecular weight excluding hydrogens is 422 g/mol. The fraction of sp³-hybridized carbons (Fsp3) is 0.320. The summed E-state index contributed by atoms with van der Waals surface area (Å²) in [7, 11) is 0. The second kappa shape index (κ2) is 12.1. The summed E-state index contributed by atoms with van der Waals surface area (Å²) in [6.07, 6.45) is 0.652. The summed E-state index contributed by atoms with van der Waals surface area (Å²) in [5.41, 5.74) is 2.65. The summed E-state index contributed by atoms with van der Waals surface area (Å²) in [6.45, 7) is 5.36. The molecule has 0 atom stereocenters. The third kappa shape index (κ3) is 6.73. The van der Waals surface area contributed by atoms with Crippen LogP contribution in [0.3, 0.4) is 0 Å². The second-order valence-corrected chi connectivity index (χ2v) is 8.26. The van der Waals surface area contributed by atoms with Gasteiger partial charge in [-0.25, -0.2) is 4.98 Å². The van der Waals surface area contributed by atoms with Gasteiger partial charge in [0.25, 0.3) is 0 Å². The van der Waals surface area contributed by atoms with Gasteiger partial charge in [-0.1, -0.05) is 60.7 Å². The molecule has 0 radical (unpaired) electrons. The molecule has 0 bridgehead atoms. The van der Waals surface area contributed by atoms with Crippen molar-refractivity contribution in [2.75, 3.05) is 31.6 Å². The highest BCUT2D eigenvalue weighted by atomic mass is 32.1. The predicted molar refractivity (Wildman–Crippen MR) is 128 cm³/mol. The van der Waals surface area contributed by atoms with E-state index in [2.05, 4.69) is 10.3 Å². The Morgan fingerprint density at radius 2 is 1.69 bits per heavy atom. The SMILES string of the molecule is CCOCCCN(CC(=O)Nc1nc(C)cs1)C(=O)C(c1ccccc1)c1ccccc1. The van der Waals surface area contributed by atoms with Gasteiger partial charge in [-0.15, -0.1) is 11.3 Å². The molecule has 0 unspecified atom stereocenters. The first-order valence-corrected chi connectivity index (χ1v) is 11.6. The average molecular weight is 452 g/mol. The number of aryl methyl sites for hydroxylation is 1. The Kier molecular flexibility index (Phi) is 8.95. The molecule has 0 aliphatic rings. The van der Waals surface area contributed by atoms with Crippen LogP contribution in [0.4, 0.5) is 5.13 Å². The van der Waals surface area contributed by atoms with Crippen molar-refractivity contribution >= 4 is 28.3 Å². The fourth-order valence-corrected chi connectivity index (χ4v) is 4.17. The molecule has 0 saturated heterocycles. The van der Waals surface area contributed by atoms with Gasteiger partial charge in [0.15, 0.2) is 5.13 Å². The molecule has 0 fully saturated rings. The first kappa shape index (κ1) is 23.6. The lowest BCUT2D eigenvalue weighted by atomic mass is 9.90. The van der Waals surface area contributed by atoms with Gasteiger partial charge in [0, 0.05) is 25.1 Å². The lowest BCUT2D eigenvalue weighted by molar-refractivity contribution is -0.135. The highest BCUT2D eigenvalue weighted by molar-refractivity contribution is 7.13. The second-order valence-electron chi connectivity index (χ2n) is 7.41. The average Bonchev–Trinajstić information content (AvgIpc) is 3.21. The number of rotatable bonds is 11. The third-order valence-electron chi connectivity index (χ3n) is 4.95. The molecule has 3 aromatic rings. The zero-order chi connectivity index (χ0) is 22.8. The van der Waals surface area contributed by atoms with E-state index in [9.17, 15) is 9.59 Å². The maximum absolute atomic E-state index is 13.8. The van der Waals surface area contributed by atoms with E-state index in [0.717, 1.165) is 16.8 Å². The number of carbonyl (C=O) groups is 2. The van der Waals surface area contributed by atoms with Gasteiger partial charge in [-0.05, 0) is 31.4 Å². The minimum Gasteiger partial charge on any atom is -0.382 e. The number of thiazole rings is 1. The highest BCUT2D eigenvalue weighted by Crippen LogP contribution is 2.27. The molecule has 2 aromatic carbocycles. The molecule has 1 heterocycles. The molecule has 0 aliphatic carbocycles. The molecule has 168 valence electrons. The number of anilines is 1. The summed E-state index contributed by atoms with van der Waals surface area (Å²) < 4.78 is 5.45. The molecule has 0 saturated carbocycles.